The number of nitrogens with one attached hydrogen (secondary N) is 2. The van der Waals surface area contributed by atoms with Crippen molar-refractivity contribution in [1.82, 2.24) is 9.88 Å². The fraction of sp³-hybridized carbons (Fsp3) is 0.357. The highest BCUT2D eigenvalue weighted by atomic mass is 32.2. The molecule has 0 saturated carbocycles. The number of aromatic amines is 1. The molecule has 3 aliphatic rings. The van der Waals surface area contributed by atoms with Crippen molar-refractivity contribution >= 4 is 29.2 Å². The van der Waals surface area contributed by atoms with Gasteiger partial charge in [0, 0.05) is 55.2 Å². The van der Waals surface area contributed by atoms with Gasteiger partial charge in [-0.2, -0.15) is 0 Å². The molecule has 198 valence electrons. The number of pyridine rings is 1. The Labute approximate surface area is 224 Å². The Morgan fingerprint density at radius 1 is 1.03 bits per heavy atom. The quantitative estimate of drug-likeness (QED) is 0.333. The molecule has 4 heterocycles. The third-order valence-electron chi connectivity index (χ3n) is 7.22. The summed E-state index contributed by atoms with van der Waals surface area (Å²) in [5, 5.41) is 12.9. The smallest absolute Gasteiger partial charge is 0.407 e. The number of hydrogen-bond acceptors (Lipinski definition) is 7. The molecule has 1 atom stereocenters. The number of rotatable bonds is 4. The maximum Gasteiger partial charge on any atom is 0.407 e. The Morgan fingerprint density at radius 2 is 1.89 bits per heavy atom. The summed E-state index contributed by atoms with van der Waals surface area (Å²) in [6, 6.07) is 15.9. The van der Waals surface area contributed by atoms with Gasteiger partial charge in [-0.1, -0.05) is 17.8 Å². The third-order valence-corrected chi connectivity index (χ3v) is 8.30. The number of fused-ring (bicyclic) bond motifs is 2. The van der Waals surface area contributed by atoms with Gasteiger partial charge < -0.3 is 34.7 Å². The van der Waals surface area contributed by atoms with Gasteiger partial charge in [0.25, 0.3) is 0 Å². The number of anilines is 2. The van der Waals surface area contributed by atoms with Gasteiger partial charge in [0.2, 0.25) is 5.56 Å². The Balaban J connectivity index is 1.22. The van der Waals surface area contributed by atoms with Crippen molar-refractivity contribution in [3.63, 3.8) is 0 Å². The van der Waals surface area contributed by atoms with Crippen LogP contribution in [-0.2, 0) is 4.74 Å². The second kappa shape index (κ2) is 10.6. The average Bonchev–Trinajstić information content (AvgIpc) is 3.17. The van der Waals surface area contributed by atoms with Gasteiger partial charge in [0.15, 0.2) is 5.75 Å². The van der Waals surface area contributed by atoms with Gasteiger partial charge in [-0.15, -0.1) is 0 Å². The molecular formula is C28H30N4O5S. The lowest BCUT2D eigenvalue weighted by Crippen LogP contribution is -2.36. The van der Waals surface area contributed by atoms with Gasteiger partial charge in [0.1, 0.15) is 5.75 Å². The molecule has 9 nitrogen and oxygen atoms in total. The van der Waals surface area contributed by atoms with Crippen molar-refractivity contribution in [2.45, 2.75) is 35.1 Å². The van der Waals surface area contributed by atoms with Crippen LogP contribution in [0.3, 0.4) is 0 Å². The number of H-pyrrole nitrogens is 1. The summed E-state index contributed by atoms with van der Waals surface area (Å²) >= 11 is 1.64. The van der Waals surface area contributed by atoms with Crippen LogP contribution in [0.2, 0.25) is 0 Å². The molecule has 1 aromatic heterocycles. The second-order valence-electron chi connectivity index (χ2n) is 9.76. The lowest BCUT2D eigenvalue weighted by molar-refractivity contribution is 0.122. The molecule has 0 spiro atoms. The number of para-hydroxylation sites is 1. The average molecular weight is 535 g/mol. The predicted octanol–water partition coefficient (Wildman–Crippen LogP) is 5.08. The van der Waals surface area contributed by atoms with Crippen molar-refractivity contribution in [3.05, 3.63) is 58.9 Å². The number of carboxylic acid groups (broad SMARTS) is 1. The van der Waals surface area contributed by atoms with Crippen LogP contribution in [0.5, 0.6) is 11.5 Å². The zero-order chi connectivity index (χ0) is 26.1. The molecule has 10 heteroatoms. The van der Waals surface area contributed by atoms with Crippen LogP contribution in [0, 0.1) is 0 Å². The first kappa shape index (κ1) is 24.7. The summed E-state index contributed by atoms with van der Waals surface area (Å²) in [6.45, 7) is 3.94. The van der Waals surface area contributed by atoms with E-state index in [1.165, 1.54) is 4.90 Å². The van der Waals surface area contributed by atoms with E-state index >= 15 is 0 Å². The summed E-state index contributed by atoms with van der Waals surface area (Å²) in [5.41, 5.74) is 3.30. The summed E-state index contributed by atoms with van der Waals surface area (Å²) in [6.07, 6.45) is 1.71. The number of amides is 1. The molecule has 1 amide bonds. The first-order valence-electron chi connectivity index (χ1n) is 13.0. The van der Waals surface area contributed by atoms with Gasteiger partial charge in [-0.05, 0) is 55.7 Å². The number of carbonyl (C=O) groups is 1. The highest BCUT2D eigenvalue weighted by molar-refractivity contribution is 7.99. The Hall–Kier alpha value is -3.63. The van der Waals surface area contributed by atoms with E-state index in [1.807, 2.05) is 36.4 Å². The Bertz CT molecular complexity index is 1400. The van der Waals surface area contributed by atoms with Gasteiger partial charge >= 0.3 is 6.09 Å². The molecule has 2 saturated heterocycles. The number of morpholine rings is 1. The summed E-state index contributed by atoms with van der Waals surface area (Å²) in [7, 11) is 0. The number of benzene rings is 2. The maximum atomic E-state index is 12.6. The van der Waals surface area contributed by atoms with Crippen LogP contribution >= 0.6 is 11.8 Å². The van der Waals surface area contributed by atoms with Crippen LogP contribution in [0.25, 0.3) is 11.3 Å². The van der Waals surface area contributed by atoms with Crippen LogP contribution in [0.4, 0.5) is 16.2 Å². The zero-order valence-corrected chi connectivity index (χ0v) is 21.8. The van der Waals surface area contributed by atoms with Crippen molar-refractivity contribution in [3.8, 4) is 22.8 Å². The van der Waals surface area contributed by atoms with Crippen molar-refractivity contribution in [2.24, 2.45) is 0 Å². The Morgan fingerprint density at radius 3 is 2.74 bits per heavy atom. The van der Waals surface area contributed by atoms with E-state index in [0.29, 0.717) is 26.3 Å². The highest BCUT2D eigenvalue weighted by Crippen LogP contribution is 2.51. The maximum absolute atomic E-state index is 12.6. The Kier molecular flexibility index (Phi) is 6.90. The number of hydrogen-bond donors (Lipinski definition) is 3. The predicted molar refractivity (Wildman–Crippen MR) is 147 cm³/mol. The molecule has 3 N–H and O–H groups in total. The molecule has 3 aliphatic heterocycles. The molecular weight excluding hydrogens is 504 g/mol. The van der Waals surface area contributed by atoms with E-state index in [1.54, 1.807) is 17.8 Å². The summed E-state index contributed by atoms with van der Waals surface area (Å²) in [4.78, 5) is 32.5. The number of likely N-dealkylation sites (tertiary alicyclic amines) is 1. The van der Waals surface area contributed by atoms with Gasteiger partial charge in [0.05, 0.1) is 28.7 Å². The highest BCUT2D eigenvalue weighted by Gasteiger charge is 2.24. The van der Waals surface area contributed by atoms with Crippen LogP contribution in [-0.4, -0.2) is 66.5 Å². The molecule has 3 aromatic rings. The fourth-order valence-corrected chi connectivity index (χ4v) is 6.27. The second-order valence-corrected chi connectivity index (χ2v) is 10.8. The van der Waals surface area contributed by atoms with Gasteiger partial charge in [-0.25, -0.2) is 4.79 Å². The van der Waals surface area contributed by atoms with Crippen molar-refractivity contribution in [1.29, 1.82) is 0 Å². The van der Waals surface area contributed by atoms with E-state index < -0.39 is 6.09 Å². The number of nitrogens with zero attached hydrogens (tertiary/aromatic N) is 2. The SMILES string of the molecule is O=C(O)N1CCCC(Nc2ccc3c(c2)Sc2cccc(-c4cc(N5CCOCC5)cc(=O)[nH]4)c2O3)CC1. The lowest BCUT2D eigenvalue weighted by atomic mass is 10.1. The molecule has 2 aromatic carbocycles. The summed E-state index contributed by atoms with van der Waals surface area (Å²) in [5.74, 6) is 1.50. The molecule has 6 rings (SSSR count). The minimum absolute atomic E-state index is 0.147. The zero-order valence-electron chi connectivity index (χ0n) is 20.9. The van der Waals surface area contributed by atoms with E-state index in [0.717, 1.165) is 76.3 Å². The third kappa shape index (κ3) is 5.19. The van der Waals surface area contributed by atoms with E-state index in [9.17, 15) is 14.7 Å². The van der Waals surface area contributed by atoms with Crippen LogP contribution < -0.4 is 20.5 Å². The molecule has 0 aliphatic carbocycles. The van der Waals surface area contributed by atoms with Crippen LogP contribution in [0.1, 0.15) is 19.3 Å². The summed E-state index contributed by atoms with van der Waals surface area (Å²) < 4.78 is 11.9. The lowest BCUT2D eigenvalue weighted by Gasteiger charge is -2.29. The first-order chi connectivity index (χ1) is 18.5. The minimum atomic E-state index is -0.845. The van der Waals surface area contributed by atoms with Crippen molar-refractivity contribution in [2.75, 3.05) is 49.6 Å². The normalized spacial score (nSPS) is 19.1. The standard InChI is InChI=1S/C28H30N4O5S/c33-26-17-20(31-11-13-36-14-12-31)16-22(30-26)21-4-1-5-24-27(21)37-23-7-6-19(15-25(23)38-24)29-18-3-2-9-32(10-8-18)28(34)35/h1,4-7,15-18,29H,2-3,8-14H2,(H,30,33)(H,34,35). The molecule has 0 bridgehead atoms. The topological polar surface area (TPSA) is 107 Å². The van der Waals surface area contributed by atoms with E-state index in [-0.39, 0.29) is 11.6 Å². The first-order valence-corrected chi connectivity index (χ1v) is 13.8. The van der Waals surface area contributed by atoms with E-state index in [4.69, 9.17) is 9.47 Å². The minimum Gasteiger partial charge on any atom is -0.465 e. The monoisotopic (exact) mass is 534 g/mol. The largest absolute Gasteiger partial charge is 0.465 e. The number of ether oxygens (including phenoxy) is 2. The van der Waals surface area contributed by atoms with Crippen LogP contribution in [0.15, 0.2) is 63.1 Å². The van der Waals surface area contributed by atoms with Crippen molar-refractivity contribution < 1.29 is 19.4 Å². The molecule has 2 fully saturated rings. The van der Waals surface area contributed by atoms with E-state index in [2.05, 4.69) is 21.3 Å². The molecule has 0 radical (unpaired) electrons. The van der Waals surface area contributed by atoms with Gasteiger partial charge in [-0.3, -0.25) is 4.79 Å². The molecule has 1 unspecified atom stereocenters. The number of aromatic nitrogens is 1. The fourth-order valence-electron chi connectivity index (χ4n) is 5.25. The molecule has 38 heavy (non-hydrogen) atoms.